The van der Waals surface area contributed by atoms with Gasteiger partial charge in [0.15, 0.2) is 5.75 Å². The summed E-state index contributed by atoms with van der Waals surface area (Å²) in [6, 6.07) is 9.30. The van der Waals surface area contributed by atoms with Crippen LogP contribution >= 0.6 is 39.1 Å². The molecule has 7 heteroatoms. The molecule has 0 aromatic heterocycles. The summed E-state index contributed by atoms with van der Waals surface area (Å²) >= 11 is 15.4. The number of hydrogen-bond acceptors (Lipinski definition) is 3. The molecule has 0 saturated carbocycles. The van der Waals surface area contributed by atoms with Crippen LogP contribution in [-0.2, 0) is 5.33 Å². The van der Waals surface area contributed by atoms with Gasteiger partial charge in [0.2, 0.25) is 0 Å². The van der Waals surface area contributed by atoms with Crippen LogP contribution < -0.4 is 4.74 Å². The molecular formula is C13H8BrCl2NO3. The lowest BCUT2D eigenvalue weighted by Crippen LogP contribution is -1.93. The zero-order valence-corrected chi connectivity index (χ0v) is 13.1. The fourth-order valence-electron chi connectivity index (χ4n) is 1.57. The van der Waals surface area contributed by atoms with Crippen molar-refractivity contribution in [3.8, 4) is 11.5 Å². The van der Waals surface area contributed by atoms with Crippen molar-refractivity contribution in [2.75, 3.05) is 0 Å². The summed E-state index contributed by atoms with van der Waals surface area (Å²) in [5, 5.41) is 12.0. The molecule has 0 saturated heterocycles. The molecule has 0 aliphatic heterocycles. The Hall–Kier alpha value is -1.30. The number of halogens is 3. The molecule has 2 aromatic carbocycles. The highest BCUT2D eigenvalue weighted by atomic mass is 79.9. The van der Waals surface area contributed by atoms with Gasteiger partial charge in [0, 0.05) is 17.0 Å². The molecule has 0 N–H and O–H groups in total. The van der Waals surface area contributed by atoms with E-state index >= 15 is 0 Å². The molecule has 104 valence electrons. The van der Waals surface area contributed by atoms with Crippen LogP contribution in [0, 0.1) is 10.1 Å². The fourth-order valence-corrected chi connectivity index (χ4v) is 2.40. The smallest absolute Gasteiger partial charge is 0.273 e. The Bertz CT molecular complexity index is 664. The number of nitrogens with zero attached hydrogens (tertiary/aromatic N) is 1. The molecule has 20 heavy (non-hydrogen) atoms. The van der Waals surface area contributed by atoms with E-state index in [1.165, 1.54) is 18.2 Å². The molecule has 0 fully saturated rings. The molecule has 0 aliphatic carbocycles. The zero-order chi connectivity index (χ0) is 14.7. The minimum absolute atomic E-state index is 0.100. The van der Waals surface area contributed by atoms with Crippen LogP contribution in [0.4, 0.5) is 5.69 Å². The van der Waals surface area contributed by atoms with Gasteiger partial charge in [-0.15, -0.1) is 0 Å². The first-order valence-electron chi connectivity index (χ1n) is 5.48. The average Bonchev–Trinajstić information content (AvgIpc) is 2.42. The highest BCUT2D eigenvalue weighted by molar-refractivity contribution is 9.08. The van der Waals surface area contributed by atoms with E-state index < -0.39 is 4.92 Å². The normalized spacial score (nSPS) is 10.3. The summed E-state index contributed by atoms with van der Waals surface area (Å²) in [6.45, 7) is 0. The number of alkyl halides is 1. The van der Waals surface area contributed by atoms with Crippen LogP contribution in [0.1, 0.15) is 5.56 Å². The first-order valence-corrected chi connectivity index (χ1v) is 7.36. The number of ether oxygens (including phenoxy) is 1. The standard InChI is InChI=1S/C13H8BrCl2NO3/c14-7-8-2-1-3-11(16)13(8)20-12-6-9(17(18)19)4-5-10(12)15/h1-6H,7H2. The zero-order valence-electron chi connectivity index (χ0n) is 9.98. The number of rotatable bonds is 4. The maximum Gasteiger partial charge on any atom is 0.273 e. The van der Waals surface area contributed by atoms with Crippen molar-refractivity contribution in [2.24, 2.45) is 0 Å². The minimum Gasteiger partial charge on any atom is -0.454 e. The van der Waals surface area contributed by atoms with E-state index in [-0.39, 0.29) is 16.5 Å². The third-order valence-electron chi connectivity index (χ3n) is 2.53. The Balaban J connectivity index is 2.44. The molecule has 0 bridgehead atoms. The quantitative estimate of drug-likeness (QED) is 0.397. The molecule has 0 heterocycles. The van der Waals surface area contributed by atoms with Gasteiger partial charge >= 0.3 is 0 Å². The Morgan fingerprint density at radius 3 is 2.60 bits per heavy atom. The minimum atomic E-state index is -0.513. The van der Waals surface area contributed by atoms with Crippen molar-refractivity contribution in [1.29, 1.82) is 0 Å². The van der Waals surface area contributed by atoms with Crippen molar-refractivity contribution in [2.45, 2.75) is 5.33 Å². The van der Waals surface area contributed by atoms with E-state index in [0.717, 1.165) is 5.56 Å². The second kappa shape index (κ2) is 6.43. The van der Waals surface area contributed by atoms with Gasteiger partial charge in [-0.25, -0.2) is 0 Å². The fraction of sp³-hybridized carbons (Fsp3) is 0.0769. The molecule has 0 aliphatic rings. The highest BCUT2D eigenvalue weighted by Crippen LogP contribution is 2.38. The summed E-state index contributed by atoms with van der Waals surface area (Å²) < 4.78 is 5.65. The number of benzene rings is 2. The Kier molecular flexibility index (Phi) is 4.86. The van der Waals surface area contributed by atoms with E-state index in [1.54, 1.807) is 12.1 Å². The van der Waals surface area contributed by atoms with Crippen LogP contribution in [-0.4, -0.2) is 4.92 Å². The van der Waals surface area contributed by atoms with Gasteiger partial charge in [-0.3, -0.25) is 10.1 Å². The number of hydrogen-bond donors (Lipinski definition) is 0. The lowest BCUT2D eigenvalue weighted by atomic mass is 10.2. The van der Waals surface area contributed by atoms with Crippen LogP contribution in [0.3, 0.4) is 0 Å². The number of nitro benzene ring substituents is 1. The molecule has 0 spiro atoms. The third kappa shape index (κ3) is 3.23. The molecule has 0 radical (unpaired) electrons. The summed E-state index contributed by atoms with van der Waals surface area (Å²) in [4.78, 5) is 10.3. The molecule has 4 nitrogen and oxygen atoms in total. The average molecular weight is 377 g/mol. The van der Waals surface area contributed by atoms with Crippen molar-refractivity contribution in [3.05, 3.63) is 62.1 Å². The van der Waals surface area contributed by atoms with Gasteiger partial charge in [-0.1, -0.05) is 51.3 Å². The summed E-state index contributed by atoms with van der Waals surface area (Å²) in [5.74, 6) is 0.615. The number of para-hydroxylation sites is 1. The maximum atomic E-state index is 10.8. The van der Waals surface area contributed by atoms with Gasteiger partial charge in [0.1, 0.15) is 5.75 Å². The predicted molar refractivity (Wildman–Crippen MR) is 82.3 cm³/mol. The molecule has 2 rings (SSSR count). The van der Waals surface area contributed by atoms with Gasteiger partial charge in [0.25, 0.3) is 5.69 Å². The van der Waals surface area contributed by atoms with Crippen molar-refractivity contribution >= 4 is 44.8 Å². The number of non-ortho nitro benzene ring substituents is 1. The Labute approximate surface area is 133 Å². The van der Waals surface area contributed by atoms with E-state index in [0.29, 0.717) is 16.1 Å². The van der Waals surface area contributed by atoms with Gasteiger partial charge in [0.05, 0.1) is 21.0 Å². The van der Waals surface area contributed by atoms with Gasteiger partial charge < -0.3 is 4.74 Å². The van der Waals surface area contributed by atoms with Crippen molar-refractivity contribution in [1.82, 2.24) is 0 Å². The lowest BCUT2D eigenvalue weighted by molar-refractivity contribution is -0.384. The third-order valence-corrected chi connectivity index (χ3v) is 3.74. The first-order chi connectivity index (χ1) is 9.52. The number of nitro groups is 1. The second-order valence-corrected chi connectivity index (χ2v) is 5.21. The predicted octanol–water partition coefficient (Wildman–Crippen LogP) is 5.59. The van der Waals surface area contributed by atoms with Crippen molar-refractivity contribution in [3.63, 3.8) is 0 Å². The van der Waals surface area contributed by atoms with Crippen LogP contribution in [0.5, 0.6) is 11.5 Å². The highest BCUT2D eigenvalue weighted by Gasteiger charge is 2.14. The summed E-state index contributed by atoms with van der Waals surface area (Å²) in [5.41, 5.74) is 0.719. The van der Waals surface area contributed by atoms with Crippen LogP contribution in [0.15, 0.2) is 36.4 Å². The second-order valence-electron chi connectivity index (χ2n) is 3.84. The van der Waals surface area contributed by atoms with E-state index in [2.05, 4.69) is 15.9 Å². The Morgan fingerprint density at radius 1 is 1.20 bits per heavy atom. The van der Waals surface area contributed by atoms with E-state index in [4.69, 9.17) is 27.9 Å². The largest absolute Gasteiger partial charge is 0.454 e. The van der Waals surface area contributed by atoms with Crippen LogP contribution in [0.25, 0.3) is 0 Å². The van der Waals surface area contributed by atoms with E-state index in [9.17, 15) is 10.1 Å². The molecule has 0 unspecified atom stereocenters. The first kappa shape index (κ1) is 15.1. The maximum absolute atomic E-state index is 10.8. The topological polar surface area (TPSA) is 52.4 Å². The SMILES string of the molecule is O=[N+]([O-])c1ccc(Cl)c(Oc2c(Cl)cccc2CBr)c1. The lowest BCUT2D eigenvalue weighted by Gasteiger charge is -2.12. The Morgan fingerprint density at radius 2 is 1.95 bits per heavy atom. The van der Waals surface area contributed by atoms with Gasteiger partial charge in [-0.2, -0.15) is 0 Å². The van der Waals surface area contributed by atoms with Gasteiger partial charge in [-0.05, 0) is 12.1 Å². The summed E-state index contributed by atoms with van der Waals surface area (Å²) in [6.07, 6.45) is 0. The van der Waals surface area contributed by atoms with Crippen LogP contribution in [0.2, 0.25) is 10.0 Å². The molecule has 0 amide bonds. The molecule has 0 atom stereocenters. The molecular weight excluding hydrogens is 369 g/mol. The summed E-state index contributed by atoms with van der Waals surface area (Å²) in [7, 11) is 0. The van der Waals surface area contributed by atoms with E-state index in [1.807, 2.05) is 6.07 Å². The van der Waals surface area contributed by atoms with Crippen molar-refractivity contribution < 1.29 is 9.66 Å². The monoisotopic (exact) mass is 375 g/mol. The molecule has 2 aromatic rings.